The quantitative estimate of drug-likeness (QED) is 0.790. The number of likely N-dealkylation sites (tertiary alicyclic amines) is 1. The molecule has 6 nitrogen and oxygen atoms in total. The molecule has 0 radical (unpaired) electrons. The van der Waals surface area contributed by atoms with Gasteiger partial charge in [-0.05, 0) is 37.2 Å². The molecule has 0 aliphatic carbocycles. The Balaban J connectivity index is 1.57. The molecule has 7 heteroatoms. The van der Waals surface area contributed by atoms with Crippen molar-refractivity contribution in [3.8, 4) is 22.6 Å². The lowest BCUT2D eigenvalue weighted by Crippen LogP contribution is -2.19. The number of hydrogen-bond donors (Lipinski definition) is 1. The van der Waals surface area contributed by atoms with Gasteiger partial charge in [0.25, 0.3) is 0 Å². The summed E-state index contributed by atoms with van der Waals surface area (Å²) in [6, 6.07) is 9.90. The van der Waals surface area contributed by atoms with E-state index >= 15 is 0 Å². The van der Waals surface area contributed by atoms with Crippen molar-refractivity contribution >= 4 is 0 Å². The molecule has 128 valence electrons. The highest BCUT2D eigenvalue weighted by Gasteiger charge is 2.33. The number of aliphatic hydroxyl groups is 1. The van der Waals surface area contributed by atoms with E-state index in [0.717, 1.165) is 11.1 Å². The van der Waals surface area contributed by atoms with E-state index in [4.69, 9.17) is 4.52 Å². The minimum absolute atomic E-state index is 0.0807. The van der Waals surface area contributed by atoms with Crippen molar-refractivity contribution in [3.05, 3.63) is 54.3 Å². The van der Waals surface area contributed by atoms with Crippen LogP contribution in [0.4, 0.5) is 4.39 Å². The summed E-state index contributed by atoms with van der Waals surface area (Å²) in [4.78, 5) is 10.8. The Kier molecular flexibility index (Phi) is 4.03. The summed E-state index contributed by atoms with van der Waals surface area (Å²) in [6.07, 6.45) is 1.85. The maximum Gasteiger partial charge on any atom is 0.244 e. The van der Waals surface area contributed by atoms with Crippen molar-refractivity contribution in [3.63, 3.8) is 0 Å². The second-order valence-corrected chi connectivity index (χ2v) is 6.24. The zero-order valence-corrected chi connectivity index (χ0v) is 13.6. The van der Waals surface area contributed by atoms with Crippen LogP contribution in [-0.2, 0) is 0 Å². The third-order valence-electron chi connectivity index (χ3n) is 4.40. The van der Waals surface area contributed by atoms with Crippen LogP contribution in [0.25, 0.3) is 22.6 Å². The molecule has 0 saturated carbocycles. The lowest BCUT2D eigenvalue weighted by Gasteiger charge is -2.13. The number of benzene rings is 1. The molecule has 4 rings (SSSR count). The molecule has 0 amide bonds. The van der Waals surface area contributed by atoms with Crippen molar-refractivity contribution < 1.29 is 14.0 Å². The second kappa shape index (κ2) is 6.34. The molecule has 1 aromatic carbocycles. The van der Waals surface area contributed by atoms with Crippen LogP contribution in [0, 0.1) is 5.82 Å². The maximum absolute atomic E-state index is 13.3. The van der Waals surface area contributed by atoms with Gasteiger partial charge in [-0.25, -0.2) is 4.39 Å². The summed E-state index contributed by atoms with van der Waals surface area (Å²) in [5, 5.41) is 13.7. The summed E-state index contributed by atoms with van der Waals surface area (Å²) in [7, 11) is 1.91. The minimum atomic E-state index is -0.381. The number of likely N-dealkylation sites (N-methyl/N-ethyl adjacent to an activating group) is 1. The van der Waals surface area contributed by atoms with E-state index < -0.39 is 0 Å². The molecule has 25 heavy (non-hydrogen) atoms. The van der Waals surface area contributed by atoms with Crippen LogP contribution in [0.5, 0.6) is 0 Å². The Morgan fingerprint density at radius 2 is 2.12 bits per heavy atom. The van der Waals surface area contributed by atoms with Crippen LogP contribution in [0.2, 0.25) is 0 Å². The number of aromatic nitrogens is 3. The Labute approximate surface area is 143 Å². The molecular weight excluding hydrogens is 323 g/mol. The van der Waals surface area contributed by atoms with Gasteiger partial charge in [-0.2, -0.15) is 4.98 Å². The number of pyridine rings is 1. The second-order valence-electron chi connectivity index (χ2n) is 6.24. The molecule has 2 atom stereocenters. The summed E-state index contributed by atoms with van der Waals surface area (Å²) in [5.74, 6) is 0.591. The Morgan fingerprint density at radius 1 is 1.24 bits per heavy atom. The Bertz CT molecular complexity index is 881. The minimum Gasteiger partial charge on any atom is -0.392 e. The predicted molar refractivity (Wildman–Crippen MR) is 88.9 cm³/mol. The molecule has 1 fully saturated rings. The van der Waals surface area contributed by atoms with E-state index in [0.29, 0.717) is 30.4 Å². The molecular formula is C18H17FN4O2. The lowest BCUT2D eigenvalue weighted by molar-refractivity contribution is 0.182. The van der Waals surface area contributed by atoms with Crippen molar-refractivity contribution in [1.82, 2.24) is 20.0 Å². The van der Waals surface area contributed by atoms with E-state index in [9.17, 15) is 9.50 Å². The standard InChI is InChI=1S/C18H17FN4O2/c1-23-10-14(24)8-16(23)18-21-17(22-25-18)15-6-5-12(9-20-15)11-3-2-4-13(19)7-11/h2-7,9,14,16,24H,8,10H2,1H3/t14-,16+/m1/s1. The first kappa shape index (κ1) is 15.9. The summed E-state index contributed by atoms with van der Waals surface area (Å²) in [6.45, 7) is 0.586. The largest absolute Gasteiger partial charge is 0.392 e. The van der Waals surface area contributed by atoms with Crippen molar-refractivity contribution in [2.75, 3.05) is 13.6 Å². The highest BCUT2D eigenvalue weighted by Crippen LogP contribution is 2.30. The number of β-amino-alcohol motifs (C(OH)–C–C–N with tert-alkyl or cyclic N) is 1. The van der Waals surface area contributed by atoms with Crippen LogP contribution < -0.4 is 0 Å². The average Bonchev–Trinajstić information content (AvgIpc) is 3.21. The van der Waals surface area contributed by atoms with Gasteiger partial charge < -0.3 is 9.63 Å². The fourth-order valence-electron chi connectivity index (χ4n) is 3.10. The Morgan fingerprint density at radius 3 is 2.80 bits per heavy atom. The lowest BCUT2D eigenvalue weighted by atomic mass is 10.1. The smallest absolute Gasteiger partial charge is 0.244 e. The van der Waals surface area contributed by atoms with Gasteiger partial charge in [0.1, 0.15) is 11.5 Å². The van der Waals surface area contributed by atoms with E-state index in [2.05, 4.69) is 15.1 Å². The monoisotopic (exact) mass is 340 g/mol. The van der Waals surface area contributed by atoms with E-state index in [-0.39, 0.29) is 18.0 Å². The highest BCUT2D eigenvalue weighted by atomic mass is 19.1. The zero-order chi connectivity index (χ0) is 17.4. The summed E-state index contributed by atoms with van der Waals surface area (Å²) < 4.78 is 18.7. The van der Waals surface area contributed by atoms with Gasteiger partial charge in [0.15, 0.2) is 0 Å². The number of halogens is 1. The zero-order valence-electron chi connectivity index (χ0n) is 13.6. The van der Waals surface area contributed by atoms with Gasteiger partial charge >= 0.3 is 0 Å². The molecule has 3 aromatic rings. The van der Waals surface area contributed by atoms with E-state index in [1.54, 1.807) is 18.3 Å². The molecule has 2 aromatic heterocycles. The number of aliphatic hydroxyl groups excluding tert-OH is 1. The summed E-state index contributed by atoms with van der Waals surface area (Å²) >= 11 is 0. The molecule has 1 saturated heterocycles. The third-order valence-corrected chi connectivity index (χ3v) is 4.40. The van der Waals surface area contributed by atoms with Gasteiger partial charge in [-0.3, -0.25) is 9.88 Å². The molecule has 1 aliphatic heterocycles. The van der Waals surface area contributed by atoms with Gasteiger partial charge in [-0.1, -0.05) is 23.4 Å². The number of hydrogen-bond acceptors (Lipinski definition) is 6. The first-order valence-electron chi connectivity index (χ1n) is 8.04. The molecule has 1 aliphatic rings. The first-order chi connectivity index (χ1) is 12.1. The van der Waals surface area contributed by atoms with Gasteiger partial charge in [0, 0.05) is 18.3 Å². The van der Waals surface area contributed by atoms with Crippen molar-refractivity contribution in [1.29, 1.82) is 0 Å². The van der Waals surface area contributed by atoms with Crippen molar-refractivity contribution in [2.24, 2.45) is 0 Å². The number of rotatable bonds is 3. The third kappa shape index (κ3) is 3.16. The molecule has 0 spiro atoms. The molecule has 0 unspecified atom stereocenters. The van der Waals surface area contributed by atoms with Crippen LogP contribution in [0.1, 0.15) is 18.4 Å². The number of nitrogens with zero attached hydrogens (tertiary/aromatic N) is 4. The van der Waals surface area contributed by atoms with E-state index in [1.807, 2.05) is 24.1 Å². The van der Waals surface area contributed by atoms with Crippen molar-refractivity contribution in [2.45, 2.75) is 18.6 Å². The highest BCUT2D eigenvalue weighted by molar-refractivity contribution is 5.64. The van der Waals surface area contributed by atoms with Crippen LogP contribution in [0.3, 0.4) is 0 Å². The predicted octanol–water partition coefficient (Wildman–Crippen LogP) is 2.68. The average molecular weight is 340 g/mol. The Hall–Kier alpha value is -2.64. The fraction of sp³-hybridized carbons (Fsp3) is 0.278. The van der Waals surface area contributed by atoms with Crippen LogP contribution in [0.15, 0.2) is 47.1 Å². The maximum atomic E-state index is 13.3. The molecule has 3 heterocycles. The van der Waals surface area contributed by atoms with Gasteiger partial charge in [0.2, 0.25) is 11.7 Å². The van der Waals surface area contributed by atoms with Gasteiger partial charge in [-0.15, -0.1) is 0 Å². The van der Waals surface area contributed by atoms with Crippen LogP contribution >= 0.6 is 0 Å². The first-order valence-corrected chi connectivity index (χ1v) is 8.04. The normalized spacial score (nSPS) is 20.9. The van der Waals surface area contributed by atoms with Crippen LogP contribution in [-0.4, -0.2) is 44.8 Å². The fourth-order valence-corrected chi connectivity index (χ4v) is 3.10. The SMILES string of the molecule is CN1C[C@H](O)C[C@H]1c1nc(-c2ccc(-c3cccc(F)c3)cn2)no1. The topological polar surface area (TPSA) is 75.3 Å². The molecule has 0 bridgehead atoms. The van der Waals surface area contributed by atoms with E-state index in [1.165, 1.54) is 12.1 Å². The van der Waals surface area contributed by atoms with Gasteiger partial charge in [0.05, 0.1) is 12.1 Å². The molecule has 1 N–H and O–H groups in total. The summed E-state index contributed by atoms with van der Waals surface area (Å²) in [5.41, 5.74) is 2.15.